The lowest BCUT2D eigenvalue weighted by molar-refractivity contribution is -0.122. The lowest BCUT2D eigenvalue weighted by Gasteiger charge is -2.14. The molecule has 1 heterocycles. The van der Waals surface area contributed by atoms with Crippen LogP contribution in [0.1, 0.15) is 31.2 Å². The van der Waals surface area contributed by atoms with Gasteiger partial charge in [-0.05, 0) is 48.1 Å². The van der Waals surface area contributed by atoms with Crippen molar-refractivity contribution >= 4 is 17.2 Å². The quantitative estimate of drug-likeness (QED) is 0.820. The number of amides is 1. The lowest BCUT2D eigenvalue weighted by Crippen LogP contribution is -2.40. The summed E-state index contributed by atoms with van der Waals surface area (Å²) in [7, 11) is 0. The summed E-state index contributed by atoms with van der Waals surface area (Å²) in [4.78, 5) is 11.8. The summed E-state index contributed by atoms with van der Waals surface area (Å²) in [5, 5.41) is 6.95. The number of thiophene rings is 1. The summed E-state index contributed by atoms with van der Waals surface area (Å²) in [6.07, 6.45) is 2.44. The van der Waals surface area contributed by atoms with Crippen LogP contribution >= 0.6 is 11.3 Å². The number of nitrogens with one attached hydrogen (secondary N) is 1. The van der Waals surface area contributed by atoms with Crippen molar-refractivity contribution in [1.29, 1.82) is 0 Å². The van der Waals surface area contributed by atoms with Crippen LogP contribution in [0.25, 0.3) is 0 Å². The van der Waals surface area contributed by atoms with Gasteiger partial charge in [0.15, 0.2) is 0 Å². The van der Waals surface area contributed by atoms with Gasteiger partial charge in [0.1, 0.15) is 0 Å². The summed E-state index contributed by atoms with van der Waals surface area (Å²) in [6, 6.07) is 2.13. The van der Waals surface area contributed by atoms with Crippen LogP contribution in [0.15, 0.2) is 16.8 Å². The second kappa shape index (κ2) is 4.97. The SMILES string of the molecule is CC(C(=O)NCC(N)C1CC1)c1ccsc1. The van der Waals surface area contributed by atoms with E-state index in [1.54, 1.807) is 11.3 Å². The van der Waals surface area contributed by atoms with Crippen molar-refractivity contribution in [2.24, 2.45) is 11.7 Å². The molecular weight excluding hydrogens is 220 g/mol. The van der Waals surface area contributed by atoms with Gasteiger partial charge >= 0.3 is 0 Å². The van der Waals surface area contributed by atoms with E-state index in [0.717, 1.165) is 5.56 Å². The first-order valence-corrected chi connectivity index (χ1v) is 6.68. The number of carbonyl (C=O) groups is 1. The zero-order chi connectivity index (χ0) is 11.5. The van der Waals surface area contributed by atoms with Crippen molar-refractivity contribution in [3.8, 4) is 0 Å². The Balaban J connectivity index is 1.78. The van der Waals surface area contributed by atoms with E-state index in [9.17, 15) is 4.79 Å². The molecule has 0 aromatic carbocycles. The van der Waals surface area contributed by atoms with Gasteiger partial charge in [-0.2, -0.15) is 11.3 Å². The Labute approximate surface area is 100 Å². The van der Waals surface area contributed by atoms with E-state index < -0.39 is 0 Å². The summed E-state index contributed by atoms with van der Waals surface area (Å²) in [5.74, 6) is 0.643. The van der Waals surface area contributed by atoms with Crippen molar-refractivity contribution < 1.29 is 4.79 Å². The molecule has 0 spiro atoms. The molecule has 1 aromatic rings. The molecule has 2 unspecified atom stereocenters. The topological polar surface area (TPSA) is 55.1 Å². The van der Waals surface area contributed by atoms with Gasteiger partial charge in [0.05, 0.1) is 5.92 Å². The molecule has 0 saturated heterocycles. The highest BCUT2D eigenvalue weighted by Crippen LogP contribution is 2.31. The first kappa shape index (κ1) is 11.6. The van der Waals surface area contributed by atoms with Crippen LogP contribution in [-0.4, -0.2) is 18.5 Å². The number of hydrogen-bond acceptors (Lipinski definition) is 3. The minimum Gasteiger partial charge on any atom is -0.354 e. The molecule has 0 aliphatic heterocycles. The molecule has 1 amide bonds. The standard InChI is InChI=1S/C12H18N2OS/c1-8(10-4-5-16-7-10)12(15)14-6-11(13)9-2-3-9/h4-5,7-9,11H,2-3,6,13H2,1H3,(H,14,15). The summed E-state index contributed by atoms with van der Waals surface area (Å²) in [6.45, 7) is 2.54. The molecule has 3 N–H and O–H groups in total. The molecule has 0 radical (unpaired) electrons. The highest BCUT2D eigenvalue weighted by molar-refractivity contribution is 7.08. The minimum atomic E-state index is -0.0716. The third-order valence-corrected chi connectivity index (χ3v) is 3.88. The Bertz CT molecular complexity index is 346. The van der Waals surface area contributed by atoms with E-state index in [2.05, 4.69) is 5.32 Å². The van der Waals surface area contributed by atoms with Gasteiger partial charge < -0.3 is 11.1 Å². The average Bonchev–Trinajstić information content (AvgIpc) is 3.00. The van der Waals surface area contributed by atoms with E-state index in [1.807, 2.05) is 23.8 Å². The minimum absolute atomic E-state index is 0.0716. The Morgan fingerprint density at radius 1 is 1.69 bits per heavy atom. The summed E-state index contributed by atoms with van der Waals surface area (Å²) in [5.41, 5.74) is 7.02. The van der Waals surface area contributed by atoms with Crippen molar-refractivity contribution in [1.82, 2.24) is 5.32 Å². The van der Waals surface area contributed by atoms with Gasteiger partial charge in [-0.1, -0.05) is 0 Å². The van der Waals surface area contributed by atoms with E-state index in [-0.39, 0.29) is 17.9 Å². The summed E-state index contributed by atoms with van der Waals surface area (Å²) >= 11 is 1.62. The average molecular weight is 238 g/mol. The Hall–Kier alpha value is -0.870. The normalized spacial score (nSPS) is 19.1. The van der Waals surface area contributed by atoms with Crippen LogP contribution < -0.4 is 11.1 Å². The predicted octanol–water partition coefficient (Wildman–Crippen LogP) is 1.71. The molecule has 0 bridgehead atoms. The molecule has 2 rings (SSSR count). The maximum absolute atomic E-state index is 11.8. The first-order chi connectivity index (χ1) is 7.68. The van der Waals surface area contributed by atoms with E-state index in [4.69, 9.17) is 5.73 Å². The molecule has 16 heavy (non-hydrogen) atoms. The Morgan fingerprint density at radius 3 is 3.00 bits per heavy atom. The highest BCUT2D eigenvalue weighted by atomic mass is 32.1. The zero-order valence-corrected chi connectivity index (χ0v) is 10.3. The highest BCUT2D eigenvalue weighted by Gasteiger charge is 2.28. The Morgan fingerprint density at radius 2 is 2.44 bits per heavy atom. The number of carbonyl (C=O) groups excluding carboxylic acids is 1. The fourth-order valence-corrected chi connectivity index (χ4v) is 2.49. The van der Waals surface area contributed by atoms with E-state index in [1.165, 1.54) is 12.8 Å². The molecule has 1 aromatic heterocycles. The fourth-order valence-electron chi connectivity index (χ4n) is 1.74. The molecule has 2 atom stereocenters. The smallest absolute Gasteiger partial charge is 0.227 e. The number of nitrogens with two attached hydrogens (primary N) is 1. The van der Waals surface area contributed by atoms with Crippen LogP contribution in [0, 0.1) is 5.92 Å². The zero-order valence-electron chi connectivity index (χ0n) is 9.48. The largest absolute Gasteiger partial charge is 0.354 e. The third-order valence-electron chi connectivity index (χ3n) is 3.18. The van der Waals surface area contributed by atoms with Crippen molar-refractivity contribution in [3.05, 3.63) is 22.4 Å². The van der Waals surface area contributed by atoms with Gasteiger partial charge in [0.2, 0.25) is 5.91 Å². The maximum atomic E-state index is 11.8. The Kier molecular flexibility index (Phi) is 3.61. The van der Waals surface area contributed by atoms with Crippen molar-refractivity contribution in [2.75, 3.05) is 6.54 Å². The maximum Gasteiger partial charge on any atom is 0.227 e. The molecule has 3 nitrogen and oxygen atoms in total. The predicted molar refractivity (Wildman–Crippen MR) is 66.4 cm³/mol. The van der Waals surface area contributed by atoms with Crippen LogP contribution in [0.5, 0.6) is 0 Å². The molecule has 1 aliphatic carbocycles. The molecule has 88 valence electrons. The molecule has 1 aliphatic rings. The van der Waals surface area contributed by atoms with Gasteiger partial charge in [0.25, 0.3) is 0 Å². The van der Waals surface area contributed by atoms with E-state index in [0.29, 0.717) is 12.5 Å². The lowest BCUT2D eigenvalue weighted by atomic mass is 10.0. The van der Waals surface area contributed by atoms with E-state index >= 15 is 0 Å². The van der Waals surface area contributed by atoms with Gasteiger partial charge in [-0.15, -0.1) is 0 Å². The summed E-state index contributed by atoms with van der Waals surface area (Å²) < 4.78 is 0. The van der Waals surface area contributed by atoms with Crippen LogP contribution in [-0.2, 0) is 4.79 Å². The molecule has 1 saturated carbocycles. The van der Waals surface area contributed by atoms with Gasteiger partial charge in [-0.3, -0.25) is 4.79 Å². The molecular formula is C12H18N2OS. The first-order valence-electron chi connectivity index (χ1n) is 5.74. The molecule has 4 heteroatoms. The van der Waals surface area contributed by atoms with Gasteiger partial charge in [-0.25, -0.2) is 0 Å². The number of rotatable bonds is 5. The second-order valence-electron chi connectivity index (χ2n) is 4.52. The van der Waals surface area contributed by atoms with Crippen molar-refractivity contribution in [3.63, 3.8) is 0 Å². The van der Waals surface area contributed by atoms with Crippen LogP contribution in [0.4, 0.5) is 0 Å². The number of hydrogen-bond donors (Lipinski definition) is 2. The van der Waals surface area contributed by atoms with Crippen molar-refractivity contribution in [2.45, 2.75) is 31.7 Å². The fraction of sp³-hybridized carbons (Fsp3) is 0.583. The third kappa shape index (κ3) is 2.83. The van der Waals surface area contributed by atoms with Crippen LogP contribution in [0.3, 0.4) is 0 Å². The van der Waals surface area contributed by atoms with Gasteiger partial charge in [0, 0.05) is 12.6 Å². The molecule has 1 fully saturated rings. The monoisotopic (exact) mass is 238 g/mol. The second-order valence-corrected chi connectivity index (χ2v) is 5.30. The van der Waals surface area contributed by atoms with Crippen LogP contribution in [0.2, 0.25) is 0 Å².